The lowest BCUT2D eigenvalue weighted by Crippen LogP contribution is -2.39. The normalized spacial score (nSPS) is 12.2. The molecule has 168 valence electrons. The minimum atomic E-state index is -4.57. The van der Waals surface area contributed by atoms with Crippen molar-refractivity contribution in [3.05, 3.63) is 78.8 Å². The van der Waals surface area contributed by atoms with E-state index in [0.29, 0.717) is 6.20 Å². The third kappa shape index (κ3) is 5.29. The average Bonchev–Trinajstić information content (AvgIpc) is 3.27. The van der Waals surface area contributed by atoms with Crippen LogP contribution >= 0.6 is 0 Å². The lowest BCUT2D eigenvalue weighted by molar-refractivity contribution is -0.774. The summed E-state index contributed by atoms with van der Waals surface area (Å²) < 4.78 is 45.0. The van der Waals surface area contributed by atoms with Crippen molar-refractivity contribution in [1.29, 1.82) is 0 Å². The van der Waals surface area contributed by atoms with Crippen molar-refractivity contribution in [2.75, 3.05) is 10.6 Å². The average molecular weight is 456 g/mol. The fourth-order valence-corrected chi connectivity index (χ4v) is 2.99. The van der Waals surface area contributed by atoms with Crippen LogP contribution in [-0.2, 0) is 6.18 Å². The predicted molar refractivity (Wildman–Crippen MR) is 110 cm³/mol. The van der Waals surface area contributed by atoms with E-state index in [9.17, 15) is 18.0 Å². The molecular weight excluding hydrogens is 439 g/mol. The first-order chi connectivity index (χ1) is 15.8. The van der Waals surface area contributed by atoms with Crippen LogP contribution in [0.5, 0.6) is 0 Å². The number of nitrogens with zero attached hydrogens (tertiary/aromatic N) is 5. The molecule has 9 nitrogen and oxygen atoms in total. The van der Waals surface area contributed by atoms with Crippen LogP contribution in [0.4, 0.5) is 29.5 Å². The van der Waals surface area contributed by atoms with Crippen LogP contribution in [0, 0.1) is 0 Å². The number of amides is 2. The van der Waals surface area contributed by atoms with Gasteiger partial charge in [-0.1, -0.05) is 24.3 Å². The number of pyridine rings is 1. The Morgan fingerprint density at radius 2 is 1.73 bits per heavy atom. The smallest absolute Gasteiger partial charge is 0.306 e. The van der Waals surface area contributed by atoms with Crippen LogP contribution in [0.25, 0.3) is 11.1 Å². The maximum absolute atomic E-state index is 12.8. The summed E-state index contributed by atoms with van der Waals surface area (Å²) in [5, 5.41) is 8.56. The lowest BCUT2D eigenvalue weighted by atomic mass is 10.0. The highest BCUT2D eigenvalue weighted by atomic mass is 19.4. The number of anilines is 2. The second-order valence-electron chi connectivity index (χ2n) is 7.01. The number of carbonyl (C=O) groups excluding carboxylic acids is 1. The van der Waals surface area contributed by atoms with Crippen LogP contribution in [0.3, 0.4) is 0 Å². The Kier molecular flexibility index (Phi) is 5.98. The number of benzene rings is 1. The minimum Gasteiger partial charge on any atom is -0.306 e. The second kappa shape index (κ2) is 9.02. The first-order valence-corrected chi connectivity index (χ1v) is 9.63. The molecule has 3 aromatic heterocycles. The van der Waals surface area contributed by atoms with Crippen LogP contribution in [-0.4, -0.2) is 26.3 Å². The van der Waals surface area contributed by atoms with Gasteiger partial charge in [0.2, 0.25) is 11.3 Å². The van der Waals surface area contributed by atoms with Crippen LogP contribution < -0.4 is 15.3 Å². The van der Waals surface area contributed by atoms with E-state index < -0.39 is 17.8 Å². The van der Waals surface area contributed by atoms with Gasteiger partial charge >= 0.3 is 18.1 Å². The van der Waals surface area contributed by atoms with Gasteiger partial charge in [-0.05, 0) is 16.3 Å². The number of hydrogen-bond acceptors (Lipinski definition) is 6. The molecule has 0 fully saturated rings. The molecule has 1 aromatic carbocycles. The highest BCUT2D eigenvalue weighted by Gasteiger charge is 2.31. The van der Waals surface area contributed by atoms with E-state index in [0.717, 1.165) is 29.0 Å². The van der Waals surface area contributed by atoms with Crippen molar-refractivity contribution in [1.82, 2.24) is 20.2 Å². The summed E-state index contributed by atoms with van der Waals surface area (Å²) in [6.07, 6.45) is 3.57. The summed E-state index contributed by atoms with van der Waals surface area (Å²) in [5.41, 5.74) is 1.68. The Morgan fingerprint density at radius 1 is 1.00 bits per heavy atom. The van der Waals surface area contributed by atoms with Gasteiger partial charge in [0, 0.05) is 36.6 Å². The molecule has 3 heterocycles. The minimum absolute atomic E-state index is 0.0114. The molecule has 0 aliphatic carbocycles. The molecule has 0 aliphatic heterocycles. The van der Waals surface area contributed by atoms with Crippen molar-refractivity contribution < 1.29 is 27.2 Å². The van der Waals surface area contributed by atoms with Crippen molar-refractivity contribution in [3.63, 3.8) is 0 Å². The zero-order valence-electron chi connectivity index (χ0n) is 17.1. The molecule has 2 amide bonds. The largest absolute Gasteiger partial charge is 0.417 e. The van der Waals surface area contributed by atoms with E-state index in [1.54, 1.807) is 12.4 Å². The molecule has 1 atom stereocenters. The second-order valence-corrected chi connectivity index (χ2v) is 7.01. The molecule has 2 N–H and O–H groups in total. The number of urea groups is 1. The fraction of sp³-hybridized carbons (Fsp3) is 0.143. The molecule has 4 aromatic rings. The summed E-state index contributed by atoms with van der Waals surface area (Å²) >= 11 is 0. The van der Waals surface area contributed by atoms with Gasteiger partial charge in [-0.2, -0.15) is 13.2 Å². The third-order valence-electron chi connectivity index (χ3n) is 4.73. The topological polar surface area (TPSA) is 110 Å². The number of hydrogen-bond donors (Lipinski definition) is 2. The van der Waals surface area contributed by atoms with E-state index >= 15 is 0 Å². The summed E-state index contributed by atoms with van der Waals surface area (Å²) in [5.74, 6) is 0.0114. The molecule has 0 radical (unpaired) electrons. The summed E-state index contributed by atoms with van der Waals surface area (Å²) in [6.45, 7) is 1.89. The van der Waals surface area contributed by atoms with E-state index in [1.165, 1.54) is 17.2 Å². The Labute approximate surface area is 185 Å². The van der Waals surface area contributed by atoms with E-state index in [2.05, 4.69) is 30.9 Å². The highest BCUT2D eigenvalue weighted by molar-refractivity contribution is 5.98. The van der Waals surface area contributed by atoms with Gasteiger partial charge in [-0.25, -0.2) is 14.8 Å². The molecule has 0 bridgehead atoms. The number of nitrogens with one attached hydrogen (secondary N) is 2. The maximum atomic E-state index is 12.8. The molecule has 4 rings (SSSR count). The van der Waals surface area contributed by atoms with Crippen LogP contribution in [0.15, 0.2) is 72.2 Å². The SMILES string of the molecule is C[C@@H](c1ccc(-c2cncnc2)cc1)[n+]1cc(NC(=O)Nc2cncc(C(F)(F)F)c2)on1. The summed E-state index contributed by atoms with van der Waals surface area (Å²) in [4.78, 5) is 23.6. The quantitative estimate of drug-likeness (QED) is 0.438. The molecule has 12 heteroatoms. The zero-order valence-corrected chi connectivity index (χ0v) is 17.1. The molecular formula is C21H17F3N7O2+. The van der Waals surface area contributed by atoms with Crippen molar-refractivity contribution in [2.45, 2.75) is 19.1 Å². The number of alkyl halides is 3. The van der Waals surface area contributed by atoms with Crippen molar-refractivity contribution in [3.8, 4) is 11.1 Å². The van der Waals surface area contributed by atoms with Gasteiger partial charge in [0.1, 0.15) is 6.33 Å². The van der Waals surface area contributed by atoms with Crippen molar-refractivity contribution >= 4 is 17.6 Å². The predicted octanol–water partition coefficient (Wildman–Crippen LogP) is 4.09. The van der Waals surface area contributed by atoms with Crippen molar-refractivity contribution in [2.24, 2.45) is 0 Å². The number of halogens is 3. The van der Waals surface area contributed by atoms with Crippen LogP contribution in [0.1, 0.15) is 24.1 Å². The molecule has 0 saturated carbocycles. The number of aromatic nitrogens is 5. The molecule has 33 heavy (non-hydrogen) atoms. The summed E-state index contributed by atoms with van der Waals surface area (Å²) in [7, 11) is 0. The molecule has 0 unspecified atom stereocenters. The lowest BCUT2D eigenvalue weighted by Gasteiger charge is -2.08. The first-order valence-electron chi connectivity index (χ1n) is 9.63. The van der Waals surface area contributed by atoms with Gasteiger partial charge < -0.3 is 5.32 Å². The fourth-order valence-electron chi connectivity index (χ4n) is 2.99. The van der Waals surface area contributed by atoms with E-state index in [4.69, 9.17) is 4.52 Å². The monoisotopic (exact) mass is 456 g/mol. The Hall–Kier alpha value is -4.35. The molecule has 0 saturated heterocycles. The Balaban J connectivity index is 1.40. The summed E-state index contributed by atoms with van der Waals surface area (Å²) in [6, 6.07) is 7.47. The van der Waals surface area contributed by atoms with Gasteiger partial charge in [-0.15, -0.1) is 0 Å². The number of rotatable bonds is 5. The first kappa shape index (κ1) is 21.9. The maximum Gasteiger partial charge on any atom is 0.417 e. The molecule has 0 spiro atoms. The van der Waals surface area contributed by atoms with Gasteiger partial charge in [-0.3, -0.25) is 14.8 Å². The standard InChI is InChI=1S/C21H16F3N7O2/c1-13(14-2-4-15(5-3-14)16-7-26-12-27-8-16)31-11-19(33-30-31)29-20(32)28-18-6-17(9-25-10-18)21(22,23)24/h2-13H,1H3,(H-,28,29,30,32)/p+1/t13-/m0/s1. The Morgan fingerprint density at radius 3 is 2.42 bits per heavy atom. The van der Waals surface area contributed by atoms with Gasteiger partial charge in [0.15, 0.2) is 0 Å². The molecule has 0 aliphatic rings. The van der Waals surface area contributed by atoms with Crippen LogP contribution in [0.2, 0.25) is 0 Å². The van der Waals surface area contributed by atoms with E-state index in [1.807, 2.05) is 31.2 Å². The van der Waals surface area contributed by atoms with Gasteiger partial charge in [0.25, 0.3) is 6.20 Å². The number of carbonyl (C=O) groups is 1. The zero-order chi connectivity index (χ0) is 23.4. The van der Waals surface area contributed by atoms with Gasteiger partial charge in [0.05, 0.1) is 17.4 Å². The third-order valence-corrected chi connectivity index (χ3v) is 4.73. The van der Waals surface area contributed by atoms with E-state index in [-0.39, 0.29) is 17.6 Å². The highest BCUT2D eigenvalue weighted by Crippen LogP contribution is 2.30. The Bertz CT molecular complexity index is 1240.